The van der Waals surface area contributed by atoms with Gasteiger partial charge in [-0.2, -0.15) is 0 Å². The van der Waals surface area contributed by atoms with E-state index in [1.165, 1.54) is 11.4 Å². The minimum atomic E-state index is -0.452. The highest BCUT2D eigenvalue weighted by atomic mass is 32.1. The molecule has 0 aromatic heterocycles. The molecule has 0 heterocycles. The molecule has 0 atom stereocenters. The molecule has 0 aliphatic rings. The summed E-state index contributed by atoms with van der Waals surface area (Å²) in [5.74, 6) is 0. The van der Waals surface area contributed by atoms with E-state index < -0.39 is 6.09 Å². The Bertz CT molecular complexity index is 276. The SMILES string of the molecule is COC(=O)N(S)Cc1ccccc1. The van der Waals surface area contributed by atoms with E-state index >= 15 is 0 Å². The Morgan fingerprint density at radius 1 is 1.46 bits per heavy atom. The van der Waals surface area contributed by atoms with Gasteiger partial charge in [0.15, 0.2) is 0 Å². The highest BCUT2D eigenvalue weighted by molar-refractivity contribution is 7.78. The minimum absolute atomic E-state index is 0.441. The number of benzene rings is 1. The van der Waals surface area contributed by atoms with Gasteiger partial charge in [0.25, 0.3) is 0 Å². The molecule has 70 valence electrons. The maximum atomic E-state index is 10.9. The molecule has 13 heavy (non-hydrogen) atoms. The summed E-state index contributed by atoms with van der Waals surface area (Å²) in [4.78, 5) is 10.9. The van der Waals surface area contributed by atoms with E-state index in [0.29, 0.717) is 6.54 Å². The van der Waals surface area contributed by atoms with Crippen LogP contribution in [0.2, 0.25) is 0 Å². The molecule has 1 amide bonds. The summed E-state index contributed by atoms with van der Waals surface area (Å²) >= 11 is 3.98. The first-order chi connectivity index (χ1) is 6.24. The van der Waals surface area contributed by atoms with Crippen LogP contribution in [0.1, 0.15) is 5.56 Å². The van der Waals surface area contributed by atoms with Crippen LogP contribution in [0.15, 0.2) is 30.3 Å². The third kappa shape index (κ3) is 2.99. The van der Waals surface area contributed by atoms with Crippen molar-refractivity contribution in [2.75, 3.05) is 7.11 Å². The molecular formula is C9H11NO2S. The van der Waals surface area contributed by atoms with Crippen LogP contribution in [-0.2, 0) is 11.3 Å². The van der Waals surface area contributed by atoms with Crippen LogP contribution in [0.5, 0.6) is 0 Å². The van der Waals surface area contributed by atoms with Gasteiger partial charge in [0.1, 0.15) is 0 Å². The number of amides is 1. The fourth-order valence-electron chi connectivity index (χ4n) is 0.926. The van der Waals surface area contributed by atoms with E-state index in [1.54, 1.807) is 0 Å². The van der Waals surface area contributed by atoms with Gasteiger partial charge in [0.2, 0.25) is 0 Å². The lowest BCUT2D eigenvalue weighted by Crippen LogP contribution is -2.20. The number of methoxy groups -OCH3 is 1. The van der Waals surface area contributed by atoms with Crippen molar-refractivity contribution in [2.24, 2.45) is 0 Å². The van der Waals surface area contributed by atoms with Gasteiger partial charge in [0, 0.05) is 0 Å². The van der Waals surface area contributed by atoms with Crippen LogP contribution >= 0.6 is 12.8 Å². The zero-order chi connectivity index (χ0) is 9.68. The summed E-state index contributed by atoms with van der Waals surface area (Å²) < 4.78 is 5.71. The molecule has 1 aromatic carbocycles. The normalized spacial score (nSPS) is 9.38. The summed E-state index contributed by atoms with van der Waals surface area (Å²) in [6, 6.07) is 9.59. The Labute approximate surface area is 82.9 Å². The highest BCUT2D eigenvalue weighted by Crippen LogP contribution is 2.07. The molecule has 0 fully saturated rings. The smallest absolute Gasteiger partial charge is 0.419 e. The first kappa shape index (κ1) is 9.92. The van der Waals surface area contributed by atoms with Gasteiger partial charge < -0.3 is 4.74 Å². The molecule has 0 saturated carbocycles. The second-order valence-electron chi connectivity index (χ2n) is 2.51. The Morgan fingerprint density at radius 3 is 2.62 bits per heavy atom. The summed E-state index contributed by atoms with van der Waals surface area (Å²) in [5, 5.41) is 0. The average molecular weight is 197 g/mol. The molecule has 0 aliphatic carbocycles. The van der Waals surface area contributed by atoms with Gasteiger partial charge in [-0.25, -0.2) is 9.10 Å². The zero-order valence-corrected chi connectivity index (χ0v) is 8.20. The van der Waals surface area contributed by atoms with Crippen molar-refractivity contribution in [3.63, 3.8) is 0 Å². The molecule has 0 radical (unpaired) electrons. The summed E-state index contributed by atoms with van der Waals surface area (Å²) in [5.41, 5.74) is 1.02. The highest BCUT2D eigenvalue weighted by Gasteiger charge is 2.08. The van der Waals surface area contributed by atoms with Crippen molar-refractivity contribution in [2.45, 2.75) is 6.54 Å². The first-order valence-corrected chi connectivity index (χ1v) is 4.22. The lowest BCUT2D eigenvalue weighted by Gasteiger charge is -2.13. The van der Waals surface area contributed by atoms with E-state index in [0.717, 1.165) is 5.56 Å². The standard InChI is InChI=1S/C9H11NO2S/c1-12-9(11)10(13)7-8-5-3-2-4-6-8/h2-6,13H,7H2,1H3. The van der Waals surface area contributed by atoms with Crippen molar-refractivity contribution >= 4 is 18.9 Å². The van der Waals surface area contributed by atoms with Gasteiger partial charge in [-0.1, -0.05) is 43.1 Å². The van der Waals surface area contributed by atoms with Crippen LogP contribution < -0.4 is 0 Å². The molecule has 1 rings (SSSR count). The third-order valence-corrected chi connectivity index (χ3v) is 1.87. The second kappa shape index (κ2) is 4.77. The van der Waals surface area contributed by atoms with Gasteiger partial charge in [-0.15, -0.1) is 0 Å². The number of hydrogen-bond acceptors (Lipinski definition) is 3. The van der Waals surface area contributed by atoms with Crippen LogP contribution in [0.3, 0.4) is 0 Å². The minimum Gasteiger partial charge on any atom is -0.452 e. The number of carbonyl (C=O) groups excluding carboxylic acids is 1. The number of carbonyl (C=O) groups is 1. The fraction of sp³-hybridized carbons (Fsp3) is 0.222. The summed E-state index contributed by atoms with van der Waals surface area (Å²) in [7, 11) is 1.33. The van der Waals surface area contributed by atoms with E-state index in [9.17, 15) is 4.79 Å². The third-order valence-electron chi connectivity index (χ3n) is 1.56. The molecule has 0 aliphatic heterocycles. The lowest BCUT2D eigenvalue weighted by molar-refractivity contribution is 0.151. The topological polar surface area (TPSA) is 29.5 Å². The molecule has 1 aromatic rings. The van der Waals surface area contributed by atoms with Gasteiger partial charge in [0.05, 0.1) is 13.7 Å². The average Bonchev–Trinajstić information content (AvgIpc) is 2.18. The molecule has 0 saturated heterocycles. The van der Waals surface area contributed by atoms with E-state index in [1.807, 2.05) is 30.3 Å². The van der Waals surface area contributed by atoms with E-state index in [-0.39, 0.29) is 0 Å². The Balaban J connectivity index is 2.55. The quantitative estimate of drug-likeness (QED) is 0.736. The van der Waals surface area contributed by atoms with Crippen LogP contribution in [0.4, 0.5) is 4.79 Å². The van der Waals surface area contributed by atoms with Gasteiger partial charge in [-0.05, 0) is 5.56 Å². The predicted octanol–water partition coefficient (Wildman–Crippen LogP) is 2.10. The Kier molecular flexibility index (Phi) is 3.64. The number of ether oxygens (including phenoxy) is 1. The van der Waals surface area contributed by atoms with Crippen molar-refractivity contribution in [3.05, 3.63) is 35.9 Å². The maximum absolute atomic E-state index is 10.9. The first-order valence-electron chi connectivity index (χ1n) is 3.82. The molecule has 4 heteroatoms. The number of thiol groups is 1. The van der Waals surface area contributed by atoms with Crippen LogP contribution in [0.25, 0.3) is 0 Å². The van der Waals surface area contributed by atoms with Crippen molar-refractivity contribution in [1.82, 2.24) is 4.31 Å². The van der Waals surface area contributed by atoms with E-state index in [4.69, 9.17) is 0 Å². The van der Waals surface area contributed by atoms with Gasteiger partial charge >= 0.3 is 6.09 Å². The van der Waals surface area contributed by atoms with Crippen LogP contribution in [0, 0.1) is 0 Å². The largest absolute Gasteiger partial charge is 0.452 e. The Morgan fingerprint density at radius 2 is 2.08 bits per heavy atom. The van der Waals surface area contributed by atoms with Gasteiger partial charge in [-0.3, -0.25) is 0 Å². The number of rotatable bonds is 2. The van der Waals surface area contributed by atoms with Crippen molar-refractivity contribution < 1.29 is 9.53 Å². The second-order valence-corrected chi connectivity index (χ2v) is 3.00. The van der Waals surface area contributed by atoms with E-state index in [2.05, 4.69) is 17.6 Å². The molecule has 0 unspecified atom stereocenters. The Hall–Kier alpha value is -1.16. The zero-order valence-electron chi connectivity index (χ0n) is 7.30. The van der Waals surface area contributed by atoms with Crippen molar-refractivity contribution in [1.29, 1.82) is 0 Å². The predicted molar refractivity (Wildman–Crippen MR) is 53.4 cm³/mol. The maximum Gasteiger partial charge on any atom is 0.419 e. The molecule has 3 nitrogen and oxygen atoms in total. The lowest BCUT2D eigenvalue weighted by atomic mass is 10.2. The van der Waals surface area contributed by atoms with Crippen LogP contribution in [-0.4, -0.2) is 17.5 Å². The van der Waals surface area contributed by atoms with Crippen molar-refractivity contribution in [3.8, 4) is 0 Å². The fourth-order valence-corrected chi connectivity index (χ4v) is 1.17. The number of hydrogen-bond donors (Lipinski definition) is 1. The molecule has 0 N–H and O–H groups in total. The summed E-state index contributed by atoms with van der Waals surface area (Å²) in [6.07, 6.45) is -0.452. The monoisotopic (exact) mass is 197 g/mol. The molecule has 0 spiro atoms. The molecule has 0 bridgehead atoms. The number of nitrogens with zero attached hydrogens (tertiary/aromatic N) is 1. The summed E-state index contributed by atoms with van der Waals surface area (Å²) in [6.45, 7) is 0.441. The molecular weight excluding hydrogens is 186 g/mol.